The fraction of sp³-hybridized carbons (Fsp3) is 1.00. The van der Waals surface area contributed by atoms with E-state index in [4.69, 9.17) is 9.47 Å². The van der Waals surface area contributed by atoms with Gasteiger partial charge in [0.25, 0.3) is 0 Å². The third kappa shape index (κ3) is 2.96. The largest absolute Gasteiger partial charge is 0.347 e. The standard InChI is InChI=1S/C11H22O2/c1-8-7-9(10(2,3)4)13-11(5,6)12-8/h8-9H,7H2,1-6H3/t8-,9-/m1/s1. The zero-order chi connectivity index (χ0) is 10.3. The Hall–Kier alpha value is -0.0800. The lowest BCUT2D eigenvalue weighted by atomic mass is 9.85. The van der Waals surface area contributed by atoms with Crippen LogP contribution in [0.5, 0.6) is 0 Å². The molecule has 1 heterocycles. The number of hydrogen-bond donors (Lipinski definition) is 0. The average molecular weight is 186 g/mol. The molecular weight excluding hydrogens is 164 g/mol. The first-order chi connectivity index (χ1) is 5.71. The van der Waals surface area contributed by atoms with Crippen molar-refractivity contribution >= 4 is 0 Å². The zero-order valence-electron chi connectivity index (χ0n) is 9.68. The van der Waals surface area contributed by atoms with Crippen LogP contribution in [-0.2, 0) is 9.47 Å². The molecule has 0 aromatic heterocycles. The molecule has 0 saturated carbocycles. The minimum absolute atomic E-state index is 0.204. The molecule has 0 N–H and O–H groups in total. The van der Waals surface area contributed by atoms with E-state index >= 15 is 0 Å². The minimum atomic E-state index is -0.421. The first kappa shape index (κ1) is 11.0. The van der Waals surface area contributed by atoms with Gasteiger partial charge in [-0.1, -0.05) is 20.8 Å². The molecule has 2 atom stereocenters. The molecule has 0 amide bonds. The lowest BCUT2D eigenvalue weighted by Crippen LogP contribution is -2.48. The van der Waals surface area contributed by atoms with Crippen molar-refractivity contribution in [3.8, 4) is 0 Å². The lowest BCUT2D eigenvalue weighted by Gasteiger charge is -2.44. The second-order valence-corrected chi connectivity index (χ2v) is 5.54. The van der Waals surface area contributed by atoms with Crippen molar-refractivity contribution in [3.63, 3.8) is 0 Å². The molecule has 78 valence electrons. The smallest absolute Gasteiger partial charge is 0.163 e. The molecule has 0 bridgehead atoms. The molecule has 1 saturated heterocycles. The molecule has 1 rings (SSSR count). The Kier molecular flexibility index (Phi) is 2.75. The quantitative estimate of drug-likeness (QED) is 0.579. The van der Waals surface area contributed by atoms with Gasteiger partial charge in [-0.25, -0.2) is 0 Å². The van der Waals surface area contributed by atoms with Gasteiger partial charge in [0.1, 0.15) is 0 Å². The van der Waals surface area contributed by atoms with Crippen LogP contribution in [0.3, 0.4) is 0 Å². The van der Waals surface area contributed by atoms with Crippen LogP contribution in [0.25, 0.3) is 0 Å². The van der Waals surface area contributed by atoms with Gasteiger partial charge in [0.05, 0.1) is 12.2 Å². The second kappa shape index (κ2) is 3.25. The Morgan fingerprint density at radius 2 is 1.69 bits per heavy atom. The summed E-state index contributed by atoms with van der Waals surface area (Å²) in [5.41, 5.74) is 0.204. The van der Waals surface area contributed by atoms with Crippen LogP contribution >= 0.6 is 0 Å². The van der Waals surface area contributed by atoms with Crippen LogP contribution in [-0.4, -0.2) is 18.0 Å². The summed E-state index contributed by atoms with van der Waals surface area (Å²) in [6.07, 6.45) is 1.59. The van der Waals surface area contributed by atoms with Crippen LogP contribution in [0.1, 0.15) is 48.0 Å². The van der Waals surface area contributed by atoms with Crippen molar-refractivity contribution < 1.29 is 9.47 Å². The van der Waals surface area contributed by atoms with Crippen LogP contribution < -0.4 is 0 Å². The predicted octanol–water partition coefficient (Wildman–Crippen LogP) is 2.96. The molecule has 1 aliphatic rings. The van der Waals surface area contributed by atoms with E-state index in [1.54, 1.807) is 0 Å². The highest BCUT2D eigenvalue weighted by molar-refractivity contribution is 4.82. The normalized spacial score (nSPS) is 34.6. The first-order valence-electron chi connectivity index (χ1n) is 5.06. The maximum atomic E-state index is 5.89. The third-order valence-corrected chi connectivity index (χ3v) is 2.42. The molecule has 2 heteroatoms. The van der Waals surface area contributed by atoms with Crippen LogP contribution in [0, 0.1) is 5.41 Å². The van der Waals surface area contributed by atoms with E-state index in [1.165, 1.54) is 0 Å². The number of ether oxygens (including phenoxy) is 2. The van der Waals surface area contributed by atoms with Crippen molar-refractivity contribution in [3.05, 3.63) is 0 Å². The fourth-order valence-corrected chi connectivity index (χ4v) is 1.78. The average Bonchev–Trinajstić information content (AvgIpc) is 1.79. The summed E-state index contributed by atoms with van der Waals surface area (Å²) in [6.45, 7) is 12.7. The summed E-state index contributed by atoms with van der Waals surface area (Å²) in [5, 5.41) is 0. The van der Waals surface area contributed by atoms with Crippen LogP contribution in [0.2, 0.25) is 0 Å². The van der Waals surface area contributed by atoms with Crippen LogP contribution in [0.15, 0.2) is 0 Å². The summed E-state index contributed by atoms with van der Waals surface area (Å²) in [6, 6.07) is 0. The van der Waals surface area contributed by atoms with E-state index in [1.807, 2.05) is 13.8 Å². The molecule has 13 heavy (non-hydrogen) atoms. The summed E-state index contributed by atoms with van der Waals surface area (Å²) in [7, 11) is 0. The first-order valence-corrected chi connectivity index (χ1v) is 5.06. The van der Waals surface area contributed by atoms with Crippen molar-refractivity contribution in [2.45, 2.75) is 66.0 Å². The van der Waals surface area contributed by atoms with Crippen molar-refractivity contribution in [2.24, 2.45) is 5.41 Å². The molecule has 2 nitrogen and oxygen atoms in total. The highest BCUT2D eigenvalue weighted by Gasteiger charge is 2.38. The molecule has 0 aromatic carbocycles. The van der Waals surface area contributed by atoms with E-state index < -0.39 is 5.79 Å². The third-order valence-electron chi connectivity index (χ3n) is 2.42. The summed E-state index contributed by atoms with van der Waals surface area (Å²) < 4.78 is 11.6. The molecule has 0 radical (unpaired) electrons. The Morgan fingerprint density at radius 1 is 1.15 bits per heavy atom. The Labute approximate surface area is 81.6 Å². The molecule has 0 unspecified atom stereocenters. The van der Waals surface area contributed by atoms with E-state index in [0.29, 0.717) is 12.2 Å². The van der Waals surface area contributed by atoms with Crippen molar-refractivity contribution in [1.82, 2.24) is 0 Å². The van der Waals surface area contributed by atoms with Gasteiger partial charge in [-0.05, 0) is 26.2 Å². The predicted molar refractivity (Wildman–Crippen MR) is 53.6 cm³/mol. The van der Waals surface area contributed by atoms with Crippen molar-refractivity contribution in [1.29, 1.82) is 0 Å². The maximum absolute atomic E-state index is 5.89. The van der Waals surface area contributed by atoms with Gasteiger partial charge < -0.3 is 9.47 Å². The SMILES string of the molecule is C[C@@H]1C[C@H](C(C)(C)C)OC(C)(C)O1. The molecular formula is C11H22O2. The Morgan fingerprint density at radius 3 is 2.08 bits per heavy atom. The molecule has 0 aliphatic carbocycles. The highest BCUT2D eigenvalue weighted by Crippen LogP contribution is 2.35. The summed E-state index contributed by atoms with van der Waals surface area (Å²) in [4.78, 5) is 0. The molecule has 1 fully saturated rings. The summed E-state index contributed by atoms with van der Waals surface area (Å²) >= 11 is 0. The van der Waals surface area contributed by atoms with Gasteiger partial charge in [0, 0.05) is 6.42 Å². The number of hydrogen-bond acceptors (Lipinski definition) is 2. The monoisotopic (exact) mass is 186 g/mol. The van der Waals surface area contributed by atoms with Gasteiger partial charge in [-0.3, -0.25) is 0 Å². The van der Waals surface area contributed by atoms with Gasteiger partial charge in [-0.2, -0.15) is 0 Å². The van der Waals surface area contributed by atoms with E-state index in [0.717, 1.165) is 6.42 Å². The molecule has 0 aromatic rings. The van der Waals surface area contributed by atoms with Gasteiger partial charge >= 0.3 is 0 Å². The Balaban J connectivity index is 2.69. The number of rotatable bonds is 0. The van der Waals surface area contributed by atoms with Crippen molar-refractivity contribution in [2.75, 3.05) is 0 Å². The Bertz CT molecular complexity index is 179. The highest BCUT2D eigenvalue weighted by atomic mass is 16.7. The van der Waals surface area contributed by atoms with Gasteiger partial charge in [0.2, 0.25) is 0 Å². The van der Waals surface area contributed by atoms with Crippen LogP contribution in [0.4, 0.5) is 0 Å². The van der Waals surface area contributed by atoms with E-state index in [9.17, 15) is 0 Å². The maximum Gasteiger partial charge on any atom is 0.163 e. The minimum Gasteiger partial charge on any atom is -0.347 e. The van der Waals surface area contributed by atoms with E-state index in [-0.39, 0.29) is 5.41 Å². The second-order valence-electron chi connectivity index (χ2n) is 5.54. The van der Waals surface area contributed by atoms with E-state index in [2.05, 4.69) is 27.7 Å². The topological polar surface area (TPSA) is 18.5 Å². The lowest BCUT2D eigenvalue weighted by molar-refractivity contribution is -0.311. The van der Waals surface area contributed by atoms with Gasteiger partial charge in [-0.15, -0.1) is 0 Å². The zero-order valence-corrected chi connectivity index (χ0v) is 9.68. The molecule has 1 aliphatic heterocycles. The molecule has 0 spiro atoms. The summed E-state index contributed by atoms with van der Waals surface area (Å²) in [5.74, 6) is -0.421. The van der Waals surface area contributed by atoms with Gasteiger partial charge in [0.15, 0.2) is 5.79 Å². The fourth-order valence-electron chi connectivity index (χ4n) is 1.78.